The zero-order chi connectivity index (χ0) is 30.3. The van der Waals surface area contributed by atoms with Crippen molar-refractivity contribution in [3.63, 3.8) is 0 Å². The lowest BCUT2D eigenvalue weighted by Gasteiger charge is -2.15. The van der Waals surface area contributed by atoms with Crippen LogP contribution >= 0.6 is 23.2 Å². The molecule has 3 aromatic heterocycles. The number of halogens is 2. The molecule has 9 nitrogen and oxygen atoms in total. The molecule has 0 atom stereocenters. The van der Waals surface area contributed by atoms with Gasteiger partial charge in [0, 0.05) is 72.0 Å². The molecule has 43 heavy (non-hydrogen) atoms. The maximum Gasteiger partial charge on any atom is 0.262 e. The van der Waals surface area contributed by atoms with Gasteiger partial charge in [-0.25, -0.2) is 9.97 Å². The van der Waals surface area contributed by atoms with Crippen LogP contribution in [0.15, 0.2) is 77.9 Å². The van der Waals surface area contributed by atoms with Gasteiger partial charge in [-0.15, -0.1) is 0 Å². The van der Waals surface area contributed by atoms with Crippen molar-refractivity contribution >= 4 is 28.8 Å². The Hall–Kier alpha value is -3.83. The predicted octanol–water partition coefficient (Wildman–Crippen LogP) is 4.57. The summed E-state index contributed by atoms with van der Waals surface area (Å²) in [6, 6.07) is 18.9. The highest BCUT2D eigenvalue weighted by Gasteiger charge is 2.17. The van der Waals surface area contributed by atoms with Gasteiger partial charge in [-0.05, 0) is 23.8 Å². The minimum absolute atomic E-state index is 0.00950. The average molecular weight is 621 g/mol. The van der Waals surface area contributed by atoms with Crippen molar-refractivity contribution in [3.05, 3.63) is 105 Å². The van der Waals surface area contributed by atoms with Gasteiger partial charge in [0.1, 0.15) is 5.65 Å². The van der Waals surface area contributed by atoms with E-state index in [2.05, 4.69) is 15.6 Å². The highest BCUT2D eigenvalue weighted by molar-refractivity contribution is 6.39. The highest BCUT2D eigenvalue weighted by atomic mass is 35.5. The van der Waals surface area contributed by atoms with Gasteiger partial charge in [0.25, 0.3) is 5.56 Å². The zero-order valence-corrected chi connectivity index (χ0v) is 25.0. The lowest BCUT2D eigenvalue weighted by atomic mass is 9.97. The summed E-state index contributed by atoms with van der Waals surface area (Å²) in [5.41, 5.74) is 6.13. The van der Waals surface area contributed by atoms with Crippen LogP contribution in [0.3, 0.4) is 0 Å². The fourth-order valence-corrected chi connectivity index (χ4v) is 5.50. The summed E-state index contributed by atoms with van der Waals surface area (Å²) < 4.78 is 7.02. The van der Waals surface area contributed by atoms with Gasteiger partial charge in [-0.3, -0.25) is 9.20 Å². The molecule has 0 fully saturated rings. The average Bonchev–Trinajstić information content (AvgIpc) is 3.03. The van der Waals surface area contributed by atoms with Gasteiger partial charge in [0.15, 0.2) is 0 Å². The molecule has 3 heterocycles. The van der Waals surface area contributed by atoms with Crippen LogP contribution in [0.2, 0.25) is 10.0 Å². The molecule has 0 bridgehead atoms. The Balaban J connectivity index is 1.49. The van der Waals surface area contributed by atoms with Crippen molar-refractivity contribution in [2.75, 3.05) is 33.4 Å². The van der Waals surface area contributed by atoms with Crippen molar-refractivity contribution in [2.24, 2.45) is 0 Å². The smallest absolute Gasteiger partial charge is 0.262 e. The van der Waals surface area contributed by atoms with Crippen molar-refractivity contribution in [3.8, 4) is 39.4 Å². The van der Waals surface area contributed by atoms with Crippen molar-refractivity contribution < 1.29 is 14.9 Å². The summed E-state index contributed by atoms with van der Waals surface area (Å²) >= 11 is 14.0. The van der Waals surface area contributed by atoms with Crippen LogP contribution in [0.1, 0.15) is 11.1 Å². The maximum atomic E-state index is 12.9. The number of benzene rings is 2. The van der Waals surface area contributed by atoms with E-state index in [1.54, 1.807) is 19.5 Å². The van der Waals surface area contributed by atoms with Crippen LogP contribution < -0.4 is 20.9 Å². The maximum absolute atomic E-state index is 12.9. The molecule has 0 amide bonds. The summed E-state index contributed by atoms with van der Waals surface area (Å²) in [6.45, 7) is 1.73. The van der Waals surface area contributed by atoms with Crippen LogP contribution in [0.25, 0.3) is 39.2 Å². The van der Waals surface area contributed by atoms with Gasteiger partial charge in [-0.2, -0.15) is 0 Å². The Labute approximate surface area is 258 Å². The molecule has 5 rings (SSSR count). The normalized spacial score (nSPS) is 11.3. The van der Waals surface area contributed by atoms with E-state index in [0.717, 1.165) is 33.4 Å². The Morgan fingerprint density at radius 2 is 1.47 bits per heavy atom. The minimum atomic E-state index is -0.176. The summed E-state index contributed by atoms with van der Waals surface area (Å²) in [5.74, 6) is 0.474. The first-order chi connectivity index (χ1) is 21.0. The van der Waals surface area contributed by atoms with E-state index in [9.17, 15) is 4.79 Å². The summed E-state index contributed by atoms with van der Waals surface area (Å²) in [4.78, 5) is 22.1. The molecule has 222 valence electrons. The lowest BCUT2D eigenvalue weighted by molar-refractivity contribution is 0.291. The number of hydrogen-bond donors (Lipinski definition) is 4. The molecule has 0 unspecified atom stereocenters. The number of methoxy groups -OCH3 is 1. The van der Waals surface area contributed by atoms with Crippen LogP contribution in [-0.4, -0.2) is 58.0 Å². The van der Waals surface area contributed by atoms with Gasteiger partial charge >= 0.3 is 0 Å². The number of aliphatic hydroxyl groups excluding tert-OH is 2. The monoisotopic (exact) mass is 619 g/mol. The third-order valence-electron chi connectivity index (χ3n) is 7.00. The molecule has 0 spiro atoms. The SMILES string of the molecule is COc1nc(-c2cccc(-c3cccc(-c4ccn5c(=O)c(CNCCO)cnc5c4)c3Cl)c2Cl)ccc1CNCCO. The van der Waals surface area contributed by atoms with E-state index >= 15 is 0 Å². The molecular formula is C32H31Cl2N5O4. The first-order valence-corrected chi connectivity index (χ1v) is 14.5. The molecule has 0 aliphatic rings. The second-order valence-corrected chi connectivity index (χ2v) is 10.5. The molecule has 0 saturated heterocycles. The van der Waals surface area contributed by atoms with Crippen LogP contribution in [0, 0.1) is 0 Å². The molecule has 5 aromatic rings. The van der Waals surface area contributed by atoms with E-state index in [4.69, 9.17) is 43.1 Å². The number of nitrogens with zero attached hydrogens (tertiary/aromatic N) is 3. The van der Waals surface area contributed by atoms with Crippen molar-refractivity contribution in [2.45, 2.75) is 13.1 Å². The summed E-state index contributed by atoms with van der Waals surface area (Å²) in [5, 5.41) is 25.2. The van der Waals surface area contributed by atoms with Crippen LogP contribution in [-0.2, 0) is 13.1 Å². The number of nitrogens with one attached hydrogen (secondary N) is 2. The largest absolute Gasteiger partial charge is 0.481 e. The highest BCUT2D eigenvalue weighted by Crippen LogP contribution is 2.42. The van der Waals surface area contributed by atoms with E-state index < -0.39 is 0 Å². The third-order valence-corrected chi connectivity index (χ3v) is 7.81. The second kappa shape index (κ2) is 14.1. The predicted molar refractivity (Wildman–Crippen MR) is 170 cm³/mol. The molecule has 0 radical (unpaired) electrons. The number of hydrogen-bond acceptors (Lipinski definition) is 8. The fourth-order valence-electron chi connectivity index (χ4n) is 4.84. The zero-order valence-electron chi connectivity index (χ0n) is 23.5. The van der Waals surface area contributed by atoms with Gasteiger partial charge in [0.05, 0.1) is 36.1 Å². The molecular weight excluding hydrogens is 589 g/mol. The van der Waals surface area contributed by atoms with E-state index in [0.29, 0.717) is 59.0 Å². The Morgan fingerprint density at radius 1 is 0.837 bits per heavy atom. The third kappa shape index (κ3) is 6.57. The number of pyridine rings is 2. The van der Waals surface area contributed by atoms with Gasteiger partial charge in [0.2, 0.25) is 5.88 Å². The Bertz CT molecular complexity index is 1810. The van der Waals surface area contributed by atoms with Gasteiger partial charge in [-0.1, -0.05) is 65.7 Å². The standard InChI is InChI=1S/C32H31Cl2N5O4/c1-43-31-21(17-35-11-14-40)8-9-27(38-31)26-7-3-6-25(30(26)34)24-5-2-4-23(29(24)33)20-10-13-39-28(16-20)37-19-22(32(39)42)18-36-12-15-41/h2-10,13,16,19,35-36,40-41H,11-12,14-15,17-18H2,1H3. The minimum Gasteiger partial charge on any atom is -0.481 e. The topological polar surface area (TPSA) is 121 Å². The molecule has 11 heteroatoms. The first kappa shape index (κ1) is 30.6. The summed E-state index contributed by atoms with van der Waals surface area (Å²) in [7, 11) is 1.57. The van der Waals surface area contributed by atoms with E-state index in [1.807, 2.05) is 60.7 Å². The quantitative estimate of drug-likeness (QED) is 0.150. The number of ether oxygens (including phenoxy) is 1. The summed E-state index contributed by atoms with van der Waals surface area (Å²) in [6.07, 6.45) is 3.24. The van der Waals surface area contributed by atoms with E-state index in [1.165, 1.54) is 4.40 Å². The van der Waals surface area contributed by atoms with Crippen molar-refractivity contribution in [1.82, 2.24) is 25.0 Å². The van der Waals surface area contributed by atoms with E-state index in [-0.39, 0.29) is 18.8 Å². The fraction of sp³-hybridized carbons (Fsp3) is 0.219. The second-order valence-electron chi connectivity index (χ2n) is 9.73. The molecule has 2 aromatic carbocycles. The number of aliphatic hydroxyl groups is 2. The molecule has 4 N–H and O–H groups in total. The Kier molecular flexibility index (Phi) is 10.0. The van der Waals surface area contributed by atoms with Gasteiger partial charge < -0.3 is 25.6 Å². The Morgan fingerprint density at radius 3 is 2.14 bits per heavy atom. The van der Waals surface area contributed by atoms with Crippen LogP contribution in [0.5, 0.6) is 5.88 Å². The van der Waals surface area contributed by atoms with Crippen LogP contribution in [0.4, 0.5) is 0 Å². The first-order valence-electron chi connectivity index (χ1n) is 13.7. The molecule has 0 aliphatic heterocycles. The molecule has 0 aliphatic carbocycles. The molecule has 0 saturated carbocycles. The van der Waals surface area contributed by atoms with Crippen molar-refractivity contribution in [1.29, 1.82) is 0 Å². The number of fused-ring (bicyclic) bond motifs is 1. The number of aromatic nitrogens is 3. The number of rotatable bonds is 12. The lowest BCUT2D eigenvalue weighted by Crippen LogP contribution is -2.26.